The van der Waals surface area contributed by atoms with Gasteiger partial charge in [0.05, 0.1) is 6.26 Å². The average molecular weight is 181 g/mol. The predicted molar refractivity (Wildman–Crippen MR) is 54.7 cm³/mol. The van der Waals surface area contributed by atoms with Crippen molar-refractivity contribution in [3.05, 3.63) is 23.7 Å². The van der Waals surface area contributed by atoms with E-state index in [0.29, 0.717) is 6.04 Å². The Bertz CT molecular complexity index is 270. The molecular weight excluding hydrogens is 162 g/mol. The number of aryl methyl sites for hydroxylation is 1. The number of rotatable bonds is 2. The Labute approximate surface area is 80.3 Å². The second-order valence-electron chi connectivity index (χ2n) is 4.58. The Balaban J connectivity index is 2.91. The Morgan fingerprint density at radius 1 is 1.38 bits per heavy atom. The molecule has 0 amide bonds. The van der Waals surface area contributed by atoms with E-state index in [0.717, 1.165) is 5.76 Å². The normalized spacial score (nSPS) is 14.5. The van der Waals surface area contributed by atoms with E-state index in [1.54, 1.807) is 0 Å². The summed E-state index contributed by atoms with van der Waals surface area (Å²) in [6, 6.07) is 2.44. The third kappa shape index (κ3) is 2.34. The molecule has 0 aliphatic rings. The van der Waals surface area contributed by atoms with Crippen molar-refractivity contribution in [1.82, 2.24) is 5.32 Å². The molecule has 0 aliphatic heterocycles. The van der Waals surface area contributed by atoms with Crippen molar-refractivity contribution in [3.8, 4) is 0 Å². The Kier molecular flexibility index (Phi) is 2.81. The number of nitrogens with one attached hydrogen (secondary N) is 1. The lowest BCUT2D eigenvalue weighted by Crippen LogP contribution is -2.29. The molecule has 0 saturated heterocycles. The summed E-state index contributed by atoms with van der Waals surface area (Å²) in [5.74, 6) is 0.972. The molecule has 0 aliphatic carbocycles. The van der Waals surface area contributed by atoms with Crippen LogP contribution in [0.25, 0.3) is 0 Å². The maximum Gasteiger partial charge on any atom is 0.101 e. The second kappa shape index (κ2) is 3.54. The molecule has 2 heteroatoms. The Hall–Kier alpha value is -0.760. The largest absolute Gasteiger partial charge is 0.469 e. The summed E-state index contributed by atoms with van der Waals surface area (Å²) < 4.78 is 5.30. The molecule has 0 radical (unpaired) electrons. The molecule has 2 nitrogen and oxygen atoms in total. The second-order valence-corrected chi connectivity index (χ2v) is 4.58. The van der Waals surface area contributed by atoms with Crippen molar-refractivity contribution in [2.75, 3.05) is 7.05 Å². The highest BCUT2D eigenvalue weighted by Crippen LogP contribution is 2.32. The minimum Gasteiger partial charge on any atom is -0.469 e. The van der Waals surface area contributed by atoms with Crippen LogP contribution in [0.2, 0.25) is 0 Å². The molecule has 0 spiro atoms. The molecule has 1 unspecified atom stereocenters. The van der Waals surface area contributed by atoms with E-state index >= 15 is 0 Å². The van der Waals surface area contributed by atoms with Gasteiger partial charge < -0.3 is 9.73 Å². The summed E-state index contributed by atoms with van der Waals surface area (Å²) in [7, 11) is 1.98. The van der Waals surface area contributed by atoms with Crippen LogP contribution in [0.5, 0.6) is 0 Å². The zero-order valence-electron chi connectivity index (χ0n) is 9.14. The van der Waals surface area contributed by atoms with Gasteiger partial charge in [0.15, 0.2) is 0 Å². The van der Waals surface area contributed by atoms with Crippen LogP contribution in [0.15, 0.2) is 16.7 Å². The van der Waals surface area contributed by atoms with E-state index < -0.39 is 0 Å². The highest BCUT2D eigenvalue weighted by atomic mass is 16.3. The van der Waals surface area contributed by atoms with Gasteiger partial charge in [-0.25, -0.2) is 0 Å². The first-order chi connectivity index (χ1) is 5.95. The molecule has 1 atom stereocenters. The summed E-state index contributed by atoms with van der Waals surface area (Å²) in [6.07, 6.45) is 1.84. The van der Waals surface area contributed by atoms with Crippen LogP contribution in [0.3, 0.4) is 0 Å². The molecular formula is C11H19NO. The lowest BCUT2D eigenvalue weighted by Gasteiger charge is -2.29. The standard InChI is InChI=1S/C11H19NO/c1-8-6-9(7-13-8)10(12-5)11(2,3)4/h6-7,10,12H,1-5H3. The van der Waals surface area contributed by atoms with Crippen LogP contribution in [-0.2, 0) is 0 Å². The average Bonchev–Trinajstić information content (AvgIpc) is 2.34. The van der Waals surface area contributed by atoms with E-state index in [-0.39, 0.29) is 5.41 Å². The van der Waals surface area contributed by atoms with Crippen molar-refractivity contribution >= 4 is 0 Å². The molecule has 0 fully saturated rings. The lowest BCUT2D eigenvalue weighted by atomic mass is 9.83. The van der Waals surface area contributed by atoms with Crippen LogP contribution in [0, 0.1) is 12.3 Å². The summed E-state index contributed by atoms with van der Waals surface area (Å²) in [5, 5.41) is 3.31. The van der Waals surface area contributed by atoms with Crippen LogP contribution >= 0.6 is 0 Å². The van der Waals surface area contributed by atoms with E-state index in [1.165, 1.54) is 5.56 Å². The van der Waals surface area contributed by atoms with Crippen LogP contribution < -0.4 is 5.32 Å². The maximum absolute atomic E-state index is 5.30. The van der Waals surface area contributed by atoms with E-state index in [9.17, 15) is 0 Å². The molecule has 0 bridgehead atoms. The Morgan fingerprint density at radius 2 is 2.00 bits per heavy atom. The monoisotopic (exact) mass is 181 g/mol. The first kappa shape index (κ1) is 10.3. The van der Waals surface area contributed by atoms with Gasteiger partial charge in [0.1, 0.15) is 5.76 Å². The van der Waals surface area contributed by atoms with Gasteiger partial charge in [-0.1, -0.05) is 20.8 Å². The van der Waals surface area contributed by atoms with Gasteiger partial charge in [-0.15, -0.1) is 0 Å². The summed E-state index contributed by atoms with van der Waals surface area (Å²) in [5.41, 5.74) is 1.44. The van der Waals surface area contributed by atoms with Gasteiger partial charge >= 0.3 is 0 Å². The lowest BCUT2D eigenvalue weighted by molar-refractivity contribution is 0.285. The number of hydrogen-bond donors (Lipinski definition) is 1. The molecule has 0 aromatic carbocycles. The molecule has 1 aromatic heterocycles. The van der Waals surface area contributed by atoms with E-state index in [1.807, 2.05) is 20.2 Å². The fourth-order valence-electron chi connectivity index (χ4n) is 1.71. The Morgan fingerprint density at radius 3 is 2.31 bits per heavy atom. The van der Waals surface area contributed by atoms with E-state index in [2.05, 4.69) is 32.2 Å². The fourth-order valence-corrected chi connectivity index (χ4v) is 1.71. The maximum atomic E-state index is 5.30. The first-order valence-corrected chi connectivity index (χ1v) is 4.67. The highest BCUT2D eigenvalue weighted by molar-refractivity contribution is 5.18. The van der Waals surface area contributed by atoms with Crippen molar-refractivity contribution < 1.29 is 4.42 Å². The SMILES string of the molecule is CNC(c1coc(C)c1)C(C)(C)C. The molecule has 74 valence electrons. The smallest absolute Gasteiger partial charge is 0.101 e. The van der Waals surface area contributed by atoms with Gasteiger partial charge in [0.25, 0.3) is 0 Å². The zero-order chi connectivity index (χ0) is 10.1. The highest BCUT2D eigenvalue weighted by Gasteiger charge is 2.25. The molecule has 0 saturated carbocycles. The van der Waals surface area contributed by atoms with Gasteiger partial charge in [-0.2, -0.15) is 0 Å². The molecule has 13 heavy (non-hydrogen) atoms. The van der Waals surface area contributed by atoms with Crippen molar-refractivity contribution in [2.45, 2.75) is 33.7 Å². The molecule has 1 aromatic rings. The molecule has 1 rings (SSSR count). The summed E-state index contributed by atoms with van der Waals surface area (Å²) in [6.45, 7) is 8.63. The summed E-state index contributed by atoms with van der Waals surface area (Å²) >= 11 is 0. The van der Waals surface area contributed by atoms with Crippen molar-refractivity contribution in [3.63, 3.8) is 0 Å². The van der Waals surface area contributed by atoms with Crippen molar-refractivity contribution in [2.24, 2.45) is 5.41 Å². The van der Waals surface area contributed by atoms with Gasteiger partial charge in [0, 0.05) is 11.6 Å². The topological polar surface area (TPSA) is 25.2 Å². The predicted octanol–water partition coefficient (Wildman–Crippen LogP) is 2.89. The first-order valence-electron chi connectivity index (χ1n) is 4.67. The van der Waals surface area contributed by atoms with Crippen LogP contribution in [0.4, 0.5) is 0 Å². The molecule has 1 heterocycles. The quantitative estimate of drug-likeness (QED) is 0.759. The van der Waals surface area contributed by atoms with Gasteiger partial charge in [0.2, 0.25) is 0 Å². The fraction of sp³-hybridized carbons (Fsp3) is 0.636. The van der Waals surface area contributed by atoms with Crippen LogP contribution in [0.1, 0.15) is 38.1 Å². The van der Waals surface area contributed by atoms with Crippen molar-refractivity contribution in [1.29, 1.82) is 0 Å². The third-order valence-corrected chi connectivity index (χ3v) is 2.24. The minimum atomic E-state index is 0.213. The number of furan rings is 1. The number of hydrogen-bond acceptors (Lipinski definition) is 2. The molecule has 1 N–H and O–H groups in total. The van der Waals surface area contributed by atoms with Gasteiger partial charge in [-0.3, -0.25) is 0 Å². The minimum absolute atomic E-state index is 0.213. The summed E-state index contributed by atoms with van der Waals surface area (Å²) in [4.78, 5) is 0. The van der Waals surface area contributed by atoms with Gasteiger partial charge in [-0.05, 0) is 25.5 Å². The van der Waals surface area contributed by atoms with E-state index in [4.69, 9.17) is 4.42 Å². The zero-order valence-corrected chi connectivity index (χ0v) is 9.14. The third-order valence-electron chi connectivity index (χ3n) is 2.24. The van der Waals surface area contributed by atoms with Crippen LogP contribution in [-0.4, -0.2) is 7.05 Å².